The van der Waals surface area contributed by atoms with E-state index in [9.17, 15) is 5.26 Å². The molecule has 9 atom stereocenters. The van der Waals surface area contributed by atoms with Crippen LogP contribution in [0.2, 0.25) is 0 Å². The van der Waals surface area contributed by atoms with Crippen molar-refractivity contribution in [2.75, 3.05) is 7.11 Å². The van der Waals surface area contributed by atoms with E-state index in [1.807, 2.05) is 6.92 Å². The minimum atomic E-state index is -0.909. The molecule has 2 heterocycles. The molecule has 22 heavy (non-hydrogen) atoms. The third-order valence-electron chi connectivity index (χ3n) is 7.11. The summed E-state index contributed by atoms with van der Waals surface area (Å²) in [7, 11) is 1.72. The molecule has 126 valence electrons. The summed E-state index contributed by atoms with van der Waals surface area (Å²) in [5.74, 6) is 1.29. The van der Waals surface area contributed by atoms with Gasteiger partial charge >= 0.3 is 0 Å². The van der Waals surface area contributed by atoms with Crippen molar-refractivity contribution < 1.29 is 24.4 Å². The highest BCUT2D eigenvalue weighted by atomic mass is 17.1. The Hall–Kier alpha value is -0.200. The van der Waals surface area contributed by atoms with Crippen LogP contribution in [0, 0.1) is 29.1 Å². The van der Waals surface area contributed by atoms with Crippen molar-refractivity contribution >= 4 is 0 Å². The summed E-state index contributed by atoms with van der Waals surface area (Å²) in [5, 5.41) is 9.31. The average Bonchev–Trinajstić information content (AvgIpc) is 3.14. The smallest absolute Gasteiger partial charge is 0.198 e. The van der Waals surface area contributed by atoms with E-state index in [0.717, 1.165) is 12.8 Å². The second kappa shape index (κ2) is 4.90. The number of methoxy groups -OCH3 is 1. The molecule has 5 heteroatoms. The van der Waals surface area contributed by atoms with Crippen LogP contribution in [0.15, 0.2) is 0 Å². The average molecular weight is 312 g/mol. The molecule has 0 radical (unpaired) electrons. The van der Waals surface area contributed by atoms with Gasteiger partial charge < -0.3 is 14.2 Å². The Morgan fingerprint density at radius 3 is 2.55 bits per heavy atom. The highest BCUT2D eigenvalue weighted by molar-refractivity contribution is 5.26. The molecule has 4 fully saturated rings. The molecule has 1 N–H and O–H groups in total. The van der Waals surface area contributed by atoms with Crippen LogP contribution >= 0.6 is 0 Å². The molecule has 0 aromatic heterocycles. The standard InChI is InChI=1S/C17H28O5/c1-9-5-6-12-10(2)15(19-4)20-13-14-17(12,13)11(9)7-8-16(3,21-14)22-18/h9-15,18H,5-8H2,1-4H3/t9-,10-,11+,12+,13+,14+,15+,16-,17+/m1/s1. The van der Waals surface area contributed by atoms with Crippen LogP contribution in [0.5, 0.6) is 0 Å². The van der Waals surface area contributed by atoms with E-state index in [4.69, 9.17) is 19.1 Å². The molecule has 1 spiro atoms. The van der Waals surface area contributed by atoms with E-state index < -0.39 is 5.79 Å². The van der Waals surface area contributed by atoms with E-state index in [-0.39, 0.29) is 23.9 Å². The molecule has 4 aliphatic rings. The molecule has 2 saturated carbocycles. The lowest BCUT2D eigenvalue weighted by atomic mass is 9.59. The third kappa shape index (κ3) is 1.77. The largest absolute Gasteiger partial charge is 0.356 e. The summed E-state index contributed by atoms with van der Waals surface area (Å²) >= 11 is 0. The summed E-state index contributed by atoms with van der Waals surface area (Å²) < 4.78 is 18.1. The third-order valence-corrected chi connectivity index (χ3v) is 7.11. The van der Waals surface area contributed by atoms with Gasteiger partial charge in [-0.2, -0.15) is 0 Å². The first-order valence-electron chi connectivity index (χ1n) is 8.66. The van der Waals surface area contributed by atoms with Crippen molar-refractivity contribution in [1.82, 2.24) is 0 Å². The summed E-state index contributed by atoms with van der Waals surface area (Å²) in [5.41, 5.74) is 0.0996. The molecule has 2 aliphatic carbocycles. The fourth-order valence-electron chi connectivity index (χ4n) is 6.01. The lowest BCUT2D eigenvalue weighted by Crippen LogP contribution is -2.49. The maximum Gasteiger partial charge on any atom is 0.198 e. The number of rotatable bonds is 2. The highest BCUT2D eigenvalue weighted by Crippen LogP contribution is 2.73. The van der Waals surface area contributed by atoms with Crippen LogP contribution < -0.4 is 0 Å². The Balaban J connectivity index is 1.72. The molecule has 0 unspecified atom stereocenters. The van der Waals surface area contributed by atoms with Crippen molar-refractivity contribution in [3.8, 4) is 0 Å². The fourth-order valence-corrected chi connectivity index (χ4v) is 6.01. The number of ether oxygens (including phenoxy) is 3. The first-order valence-corrected chi connectivity index (χ1v) is 8.66. The topological polar surface area (TPSA) is 57.2 Å². The Morgan fingerprint density at radius 1 is 1.09 bits per heavy atom. The summed E-state index contributed by atoms with van der Waals surface area (Å²) in [6.45, 7) is 6.44. The van der Waals surface area contributed by atoms with Gasteiger partial charge in [-0.05, 0) is 37.5 Å². The number of hydrogen-bond acceptors (Lipinski definition) is 5. The van der Waals surface area contributed by atoms with E-state index in [1.54, 1.807) is 7.11 Å². The van der Waals surface area contributed by atoms with E-state index in [2.05, 4.69) is 13.8 Å². The fraction of sp³-hybridized carbons (Fsp3) is 1.00. The van der Waals surface area contributed by atoms with Crippen LogP contribution in [0.3, 0.4) is 0 Å². The minimum Gasteiger partial charge on any atom is -0.356 e. The molecule has 0 aromatic carbocycles. The van der Waals surface area contributed by atoms with Crippen LogP contribution in [0.1, 0.15) is 46.5 Å². The molecule has 0 bridgehead atoms. The van der Waals surface area contributed by atoms with Gasteiger partial charge in [0.2, 0.25) is 0 Å². The molecule has 0 amide bonds. The van der Waals surface area contributed by atoms with Crippen LogP contribution in [0.25, 0.3) is 0 Å². The zero-order valence-electron chi connectivity index (χ0n) is 14.0. The summed E-state index contributed by atoms with van der Waals surface area (Å²) in [6, 6.07) is 0. The van der Waals surface area contributed by atoms with Crippen molar-refractivity contribution in [3.05, 3.63) is 0 Å². The van der Waals surface area contributed by atoms with Gasteiger partial charge in [-0.15, -0.1) is 0 Å². The lowest BCUT2D eigenvalue weighted by Gasteiger charge is -2.49. The Kier molecular flexibility index (Phi) is 3.41. The second-order valence-corrected chi connectivity index (χ2v) is 8.09. The second-order valence-electron chi connectivity index (χ2n) is 8.09. The maximum absolute atomic E-state index is 9.31. The highest BCUT2D eigenvalue weighted by Gasteiger charge is 2.80. The first-order chi connectivity index (χ1) is 10.5. The van der Waals surface area contributed by atoms with Crippen molar-refractivity contribution in [2.45, 2.75) is 70.7 Å². The van der Waals surface area contributed by atoms with Crippen LogP contribution in [-0.2, 0) is 19.1 Å². The van der Waals surface area contributed by atoms with Crippen LogP contribution in [-0.4, -0.2) is 36.7 Å². The number of hydrogen-bond donors (Lipinski definition) is 1. The molecular weight excluding hydrogens is 284 g/mol. The van der Waals surface area contributed by atoms with Gasteiger partial charge in [0, 0.05) is 24.9 Å². The Morgan fingerprint density at radius 2 is 1.86 bits per heavy atom. The molecular formula is C17H28O5. The zero-order chi connectivity index (χ0) is 15.7. The number of fused-ring (bicyclic) bond motifs is 1. The van der Waals surface area contributed by atoms with Crippen molar-refractivity contribution in [3.63, 3.8) is 0 Å². The molecule has 0 aromatic rings. The van der Waals surface area contributed by atoms with Gasteiger partial charge in [0.25, 0.3) is 0 Å². The van der Waals surface area contributed by atoms with Gasteiger partial charge in [-0.1, -0.05) is 20.3 Å². The normalized spacial score (nSPS) is 60.1. The summed E-state index contributed by atoms with van der Waals surface area (Å²) in [6.07, 6.45) is 4.19. The van der Waals surface area contributed by atoms with Gasteiger partial charge in [0.15, 0.2) is 12.1 Å². The van der Waals surface area contributed by atoms with Gasteiger partial charge in [0.05, 0.1) is 12.2 Å². The van der Waals surface area contributed by atoms with E-state index in [0.29, 0.717) is 23.7 Å². The van der Waals surface area contributed by atoms with Gasteiger partial charge in [-0.25, -0.2) is 10.1 Å². The van der Waals surface area contributed by atoms with E-state index >= 15 is 0 Å². The predicted octanol–water partition coefficient (Wildman–Crippen LogP) is 3.04. The monoisotopic (exact) mass is 312 g/mol. The van der Waals surface area contributed by atoms with Crippen LogP contribution in [0.4, 0.5) is 0 Å². The predicted molar refractivity (Wildman–Crippen MR) is 78.9 cm³/mol. The molecule has 5 nitrogen and oxygen atoms in total. The molecule has 4 rings (SSSR count). The zero-order valence-corrected chi connectivity index (χ0v) is 14.0. The summed E-state index contributed by atoms with van der Waals surface area (Å²) in [4.78, 5) is 4.71. The Labute approximate surface area is 132 Å². The van der Waals surface area contributed by atoms with Crippen molar-refractivity contribution in [1.29, 1.82) is 0 Å². The lowest BCUT2D eigenvalue weighted by molar-refractivity contribution is -0.403. The molecule has 2 saturated heterocycles. The first kappa shape index (κ1) is 15.3. The minimum absolute atomic E-state index is 0.0208. The molecule has 2 aliphatic heterocycles. The SMILES string of the molecule is CO[C@H]1O[C@H]2[C@@H]3O[C@](C)(OO)CC[C@H]4[C@H](C)CC[C@@H]([C@H]1C)[C@@]423. The maximum atomic E-state index is 9.31. The van der Waals surface area contributed by atoms with Gasteiger partial charge in [-0.3, -0.25) is 0 Å². The van der Waals surface area contributed by atoms with Crippen molar-refractivity contribution in [2.24, 2.45) is 29.1 Å². The van der Waals surface area contributed by atoms with E-state index in [1.165, 1.54) is 12.8 Å². The Bertz CT molecular complexity index is 452. The van der Waals surface area contributed by atoms with Gasteiger partial charge in [0.1, 0.15) is 0 Å². The quantitative estimate of drug-likeness (QED) is 0.627.